The number of benzene rings is 1. The standard InChI is InChI=1S/C13H13BrFNO3S/c1-9-10(5-6-19-9)8-16(2)20(17,18)13-4-3-11(14)7-12(13)15/h3-7H,8H2,1-2H3. The van der Waals surface area contributed by atoms with Crippen LogP contribution in [0.3, 0.4) is 0 Å². The van der Waals surface area contributed by atoms with Gasteiger partial charge >= 0.3 is 0 Å². The van der Waals surface area contributed by atoms with Crippen LogP contribution in [0.4, 0.5) is 4.39 Å². The zero-order valence-electron chi connectivity index (χ0n) is 10.9. The number of rotatable bonds is 4. The Bertz CT molecular complexity index is 727. The molecule has 0 bridgehead atoms. The van der Waals surface area contributed by atoms with E-state index in [0.29, 0.717) is 10.2 Å². The third-order valence-corrected chi connectivity index (χ3v) is 5.27. The van der Waals surface area contributed by atoms with Gasteiger partial charge in [-0.15, -0.1) is 0 Å². The topological polar surface area (TPSA) is 50.5 Å². The quantitative estimate of drug-likeness (QED) is 0.839. The van der Waals surface area contributed by atoms with Gasteiger partial charge in [-0.1, -0.05) is 15.9 Å². The smallest absolute Gasteiger partial charge is 0.246 e. The number of halogens is 2. The van der Waals surface area contributed by atoms with Crippen molar-refractivity contribution in [2.75, 3.05) is 7.05 Å². The number of hydrogen-bond donors (Lipinski definition) is 0. The first kappa shape index (κ1) is 15.2. The fourth-order valence-electron chi connectivity index (χ4n) is 1.75. The molecule has 20 heavy (non-hydrogen) atoms. The largest absolute Gasteiger partial charge is 0.469 e. The first-order valence-corrected chi connectivity index (χ1v) is 8.00. The summed E-state index contributed by atoms with van der Waals surface area (Å²) in [7, 11) is -2.48. The van der Waals surface area contributed by atoms with Crippen LogP contribution in [0.25, 0.3) is 0 Å². The summed E-state index contributed by atoms with van der Waals surface area (Å²) >= 11 is 3.10. The summed E-state index contributed by atoms with van der Waals surface area (Å²) in [6, 6.07) is 5.56. The van der Waals surface area contributed by atoms with Crippen LogP contribution < -0.4 is 0 Å². The van der Waals surface area contributed by atoms with E-state index in [-0.39, 0.29) is 11.4 Å². The molecule has 0 aliphatic heterocycles. The van der Waals surface area contributed by atoms with Crippen molar-refractivity contribution in [1.29, 1.82) is 0 Å². The lowest BCUT2D eigenvalue weighted by Crippen LogP contribution is -2.27. The molecule has 1 aromatic heterocycles. The number of furan rings is 1. The molecule has 0 radical (unpaired) electrons. The molecule has 2 aromatic rings. The summed E-state index contributed by atoms with van der Waals surface area (Å²) in [5, 5.41) is 0. The lowest BCUT2D eigenvalue weighted by Gasteiger charge is -2.17. The van der Waals surface area contributed by atoms with Gasteiger partial charge in [0.25, 0.3) is 0 Å². The van der Waals surface area contributed by atoms with Gasteiger partial charge in [0.2, 0.25) is 10.0 Å². The van der Waals surface area contributed by atoms with Crippen molar-refractivity contribution >= 4 is 26.0 Å². The molecule has 0 spiro atoms. The second-order valence-corrected chi connectivity index (χ2v) is 7.27. The highest BCUT2D eigenvalue weighted by molar-refractivity contribution is 9.10. The fraction of sp³-hybridized carbons (Fsp3) is 0.231. The SMILES string of the molecule is Cc1occc1CN(C)S(=O)(=O)c1ccc(Br)cc1F. The molecular weight excluding hydrogens is 349 g/mol. The molecule has 1 heterocycles. The molecule has 7 heteroatoms. The Morgan fingerprint density at radius 3 is 2.60 bits per heavy atom. The minimum Gasteiger partial charge on any atom is -0.469 e. The summed E-state index contributed by atoms with van der Waals surface area (Å²) in [6.07, 6.45) is 1.49. The lowest BCUT2D eigenvalue weighted by molar-refractivity contribution is 0.453. The van der Waals surface area contributed by atoms with E-state index in [4.69, 9.17) is 4.42 Å². The molecule has 0 aliphatic carbocycles. The Morgan fingerprint density at radius 2 is 2.05 bits per heavy atom. The summed E-state index contributed by atoms with van der Waals surface area (Å²) in [4.78, 5) is -0.343. The van der Waals surface area contributed by atoms with Gasteiger partial charge in [0.05, 0.1) is 6.26 Å². The van der Waals surface area contributed by atoms with Gasteiger partial charge in [0, 0.05) is 23.6 Å². The molecule has 0 N–H and O–H groups in total. The molecule has 1 aromatic carbocycles. The van der Waals surface area contributed by atoms with Crippen molar-refractivity contribution in [2.24, 2.45) is 0 Å². The number of nitrogens with zero attached hydrogens (tertiary/aromatic N) is 1. The fourth-order valence-corrected chi connectivity index (χ4v) is 3.28. The highest BCUT2D eigenvalue weighted by atomic mass is 79.9. The summed E-state index contributed by atoms with van der Waals surface area (Å²) in [6.45, 7) is 1.87. The van der Waals surface area contributed by atoms with Crippen molar-refractivity contribution in [1.82, 2.24) is 4.31 Å². The highest BCUT2D eigenvalue weighted by Crippen LogP contribution is 2.23. The minimum absolute atomic E-state index is 0.125. The van der Waals surface area contributed by atoms with Crippen LogP contribution in [-0.2, 0) is 16.6 Å². The first-order valence-electron chi connectivity index (χ1n) is 5.76. The van der Waals surface area contributed by atoms with Gasteiger partial charge < -0.3 is 4.42 Å². The van der Waals surface area contributed by atoms with Crippen LogP contribution in [-0.4, -0.2) is 19.8 Å². The van der Waals surface area contributed by atoms with Crippen LogP contribution in [0, 0.1) is 12.7 Å². The molecular formula is C13H13BrFNO3S. The van der Waals surface area contributed by atoms with Crippen molar-refractivity contribution < 1.29 is 17.2 Å². The molecule has 0 atom stereocenters. The number of sulfonamides is 1. The van der Waals surface area contributed by atoms with Crippen molar-refractivity contribution in [3.63, 3.8) is 0 Å². The van der Waals surface area contributed by atoms with Crippen LogP contribution >= 0.6 is 15.9 Å². The van der Waals surface area contributed by atoms with Gasteiger partial charge in [-0.25, -0.2) is 12.8 Å². The Morgan fingerprint density at radius 1 is 1.35 bits per heavy atom. The molecule has 0 saturated heterocycles. The van der Waals surface area contributed by atoms with E-state index in [2.05, 4.69) is 15.9 Å². The Hall–Kier alpha value is -1.18. The summed E-state index contributed by atoms with van der Waals surface area (Å²) in [5.41, 5.74) is 0.744. The van der Waals surface area contributed by atoms with Crippen molar-refractivity contribution in [3.05, 3.63) is 52.1 Å². The van der Waals surface area contributed by atoms with Crippen LogP contribution in [0.1, 0.15) is 11.3 Å². The molecule has 0 amide bonds. The van der Waals surface area contributed by atoms with Gasteiger partial charge in [-0.2, -0.15) is 4.31 Å². The first-order chi connectivity index (χ1) is 9.32. The van der Waals surface area contributed by atoms with Gasteiger partial charge in [-0.3, -0.25) is 0 Å². The van der Waals surface area contributed by atoms with Crippen LogP contribution in [0.5, 0.6) is 0 Å². The Labute approximate surface area is 125 Å². The van der Waals surface area contributed by atoms with Gasteiger partial charge in [0.15, 0.2) is 0 Å². The number of hydrogen-bond acceptors (Lipinski definition) is 3. The third kappa shape index (κ3) is 2.94. The molecule has 108 valence electrons. The van der Waals surface area contributed by atoms with Crippen LogP contribution in [0.2, 0.25) is 0 Å². The number of aryl methyl sites for hydroxylation is 1. The predicted molar refractivity (Wildman–Crippen MR) is 76.2 cm³/mol. The summed E-state index contributed by atoms with van der Waals surface area (Å²) < 4.78 is 45.2. The van der Waals surface area contributed by atoms with Gasteiger partial charge in [-0.05, 0) is 31.2 Å². The predicted octanol–water partition coefficient (Wildman–Crippen LogP) is 3.31. The van der Waals surface area contributed by atoms with Crippen LogP contribution in [0.15, 0.2) is 44.3 Å². The monoisotopic (exact) mass is 361 g/mol. The van der Waals surface area contributed by atoms with E-state index in [1.807, 2.05) is 0 Å². The molecule has 4 nitrogen and oxygen atoms in total. The second kappa shape index (κ2) is 5.67. The second-order valence-electron chi connectivity index (χ2n) is 4.34. The van der Waals surface area contributed by atoms with E-state index in [1.165, 1.54) is 25.4 Å². The molecule has 0 fully saturated rings. The summed E-state index contributed by atoms with van der Waals surface area (Å²) in [5.74, 6) is -0.140. The molecule has 0 saturated carbocycles. The maximum atomic E-state index is 13.8. The average Bonchev–Trinajstić information content (AvgIpc) is 2.74. The molecule has 0 aliphatic rings. The maximum Gasteiger partial charge on any atom is 0.246 e. The van der Waals surface area contributed by atoms with Crippen molar-refractivity contribution in [3.8, 4) is 0 Å². The van der Waals surface area contributed by atoms with E-state index in [9.17, 15) is 12.8 Å². The van der Waals surface area contributed by atoms with E-state index in [0.717, 1.165) is 15.9 Å². The van der Waals surface area contributed by atoms with E-state index >= 15 is 0 Å². The molecule has 2 rings (SSSR count). The Balaban J connectivity index is 2.32. The molecule has 0 unspecified atom stereocenters. The zero-order chi connectivity index (χ0) is 14.9. The highest BCUT2D eigenvalue weighted by Gasteiger charge is 2.25. The lowest BCUT2D eigenvalue weighted by atomic mass is 10.3. The average molecular weight is 362 g/mol. The van der Waals surface area contributed by atoms with Crippen molar-refractivity contribution in [2.45, 2.75) is 18.4 Å². The maximum absolute atomic E-state index is 13.8. The minimum atomic E-state index is -3.88. The van der Waals surface area contributed by atoms with E-state index in [1.54, 1.807) is 13.0 Å². The van der Waals surface area contributed by atoms with E-state index < -0.39 is 15.8 Å². The normalized spacial score (nSPS) is 12.1. The zero-order valence-corrected chi connectivity index (χ0v) is 13.3. The third-order valence-electron chi connectivity index (χ3n) is 2.94. The Kier molecular flexibility index (Phi) is 4.31. The van der Waals surface area contributed by atoms with Gasteiger partial charge in [0.1, 0.15) is 16.5 Å².